The molecule has 0 fully saturated rings. The maximum absolute atomic E-state index is 12.3. The second-order valence-electron chi connectivity index (χ2n) is 5.40. The van der Waals surface area contributed by atoms with Gasteiger partial charge in [-0.2, -0.15) is 0 Å². The summed E-state index contributed by atoms with van der Waals surface area (Å²) in [5, 5.41) is 3.00. The van der Waals surface area contributed by atoms with E-state index in [2.05, 4.69) is 10.3 Å². The first-order valence-corrected chi connectivity index (χ1v) is 7.56. The number of hydrogen-bond donors (Lipinski definition) is 2. The number of amides is 1. The summed E-state index contributed by atoms with van der Waals surface area (Å²) in [6.45, 7) is 5.00. The Bertz CT molecular complexity index is 560. The lowest BCUT2D eigenvalue weighted by atomic mass is 9.81. The predicted octanol–water partition coefficient (Wildman–Crippen LogP) is 1.76. The molecule has 2 aromatic heterocycles. The van der Waals surface area contributed by atoms with Gasteiger partial charge in [0.05, 0.1) is 11.1 Å². The van der Waals surface area contributed by atoms with Crippen molar-refractivity contribution in [2.45, 2.75) is 33.1 Å². The van der Waals surface area contributed by atoms with E-state index in [9.17, 15) is 4.79 Å². The van der Waals surface area contributed by atoms with E-state index in [1.165, 1.54) is 0 Å². The van der Waals surface area contributed by atoms with Gasteiger partial charge in [-0.05, 0) is 25.0 Å². The fourth-order valence-electron chi connectivity index (χ4n) is 2.55. The fourth-order valence-corrected chi connectivity index (χ4v) is 2.55. The minimum absolute atomic E-state index is 0.0544. The molecule has 1 amide bonds. The van der Waals surface area contributed by atoms with Gasteiger partial charge in [0.15, 0.2) is 0 Å². The van der Waals surface area contributed by atoms with E-state index in [0.717, 1.165) is 30.6 Å². The molecule has 0 spiro atoms. The predicted molar refractivity (Wildman–Crippen MR) is 84.0 cm³/mol. The zero-order chi connectivity index (χ0) is 15.3. The van der Waals surface area contributed by atoms with E-state index in [-0.39, 0.29) is 5.91 Å². The number of fused-ring (bicyclic) bond motifs is 1. The van der Waals surface area contributed by atoms with Gasteiger partial charge in [-0.15, -0.1) is 0 Å². The van der Waals surface area contributed by atoms with E-state index in [0.29, 0.717) is 13.1 Å². The van der Waals surface area contributed by atoms with Crippen LogP contribution in [0.3, 0.4) is 0 Å². The second kappa shape index (κ2) is 6.72. The maximum atomic E-state index is 12.3. The van der Waals surface area contributed by atoms with Crippen molar-refractivity contribution in [2.75, 3.05) is 13.1 Å². The Morgan fingerprint density at radius 1 is 1.38 bits per heavy atom. The molecular formula is C16H24N4O. The van der Waals surface area contributed by atoms with Crippen LogP contribution in [-0.4, -0.2) is 28.4 Å². The van der Waals surface area contributed by atoms with Gasteiger partial charge in [0.2, 0.25) is 5.91 Å². The van der Waals surface area contributed by atoms with Crippen LogP contribution in [0, 0.1) is 5.41 Å². The van der Waals surface area contributed by atoms with E-state index in [1.54, 1.807) is 0 Å². The van der Waals surface area contributed by atoms with Crippen LogP contribution in [0.25, 0.3) is 5.65 Å². The normalized spacial score (nSPS) is 11.8. The first-order chi connectivity index (χ1) is 10.1. The van der Waals surface area contributed by atoms with E-state index >= 15 is 0 Å². The molecule has 5 nitrogen and oxygen atoms in total. The van der Waals surface area contributed by atoms with Crippen molar-refractivity contribution in [3.8, 4) is 0 Å². The van der Waals surface area contributed by atoms with Crippen LogP contribution in [0.15, 0.2) is 30.6 Å². The highest BCUT2D eigenvalue weighted by Crippen LogP contribution is 2.24. The van der Waals surface area contributed by atoms with Crippen molar-refractivity contribution < 1.29 is 4.79 Å². The lowest BCUT2D eigenvalue weighted by Crippen LogP contribution is -2.45. The Kier molecular flexibility index (Phi) is 4.96. The number of carbonyl (C=O) groups excluding carboxylic acids is 1. The van der Waals surface area contributed by atoms with Gasteiger partial charge in [0.1, 0.15) is 5.65 Å². The zero-order valence-electron chi connectivity index (χ0n) is 12.8. The van der Waals surface area contributed by atoms with Crippen LogP contribution >= 0.6 is 0 Å². The maximum Gasteiger partial charge on any atom is 0.227 e. The van der Waals surface area contributed by atoms with Crippen LogP contribution in [0.5, 0.6) is 0 Å². The molecule has 21 heavy (non-hydrogen) atoms. The van der Waals surface area contributed by atoms with Crippen molar-refractivity contribution in [3.05, 3.63) is 36.3 Å². The summed E-state index contributed by atoms with van der Waals surface area (Å²) < 4.78 is 1.99. The number of nitrogens with two attached hydrogens (primary N) is 1. The molecule has 0 aliphatic heterocycles. The van der Waals surface area contributed by atoms with Crippen LogP contribution < -0.4 is 11.1 Å². The quantitative estimate of drug-likeness (QED) is 0.815. The molecule has 0 radical (unpaired) electrons. The van der Waals surface area contributed by atoms with E-state index in [4.69, 9.17) is 5.73 Å². The van der Waals surface area contributed by atoms with Gasteiger partial charge in [-0.25, -0.2) is 4.98 Å². The summed E-state index contributed by atoms with van der Waals surface area (Å²) in [6, 6.07) is 5.90. The number of hydrogen-bond acceptors (Lipinski definition) is 3. The molecular weight excluding hydrogens is 264 g/mol. The average Bonchev–Trinajstić information content (AvgIpc) is 2.92. The SMILES string of the molecule is CCC(CC)(CN)C(=O)NCCc1cn2ccccc2n1. The molecule has 2 heterocycles. The average molecular weight is 288 g/mol. The number of nitrogens with one attached hydrogen (secondary N) is 1. The van der Waals surface area contributed by atoms with Gasteiger partial charge in [0, 0.05) is 31.9 Å². The topological polar surface area (TPSA) is 72.4 Å². The first-order valence-electron chi connectivity index (χ1n) is 7.56. The molecule has 3 N–H and O–H groups in total. The summed E-state index contributed by atoms with van der Waals surface area (Å²) in [5.41, 5.74) is 7.26. The van der Waals surface area contributed by atoms with Crippen molar-refractivity contribution in [2.24, 2.45) is 11.1 Å². The molecule has 0 atom stereocenters. The second-order valence-corrected chi connectivity index (χ2v) is 5.40. The molecule has 5 heteroatoms. The molecule has 0 aliphatic carbocycles. The number of aromatic nitrogens is 2. The van der Waals surface area contributed by atoms with Crippen molar-refractivity contribution in [1.82, 2.24) is 14.7 Å². The van der Waals surface area contributed by atoms with E-state index in [1.807, 2.05) is 48.8 Å². The zero-order valence-corrected chi connectivity index (χ0v) is 12.8. The minimum Gasteiger partial charge on any atom is -0.355 e. The monoisotopic (exact) mass is 288 g/mol. The lowest BCUT2D eigenvalue weighted by molar-refractivity contribution is -0.131. The van der Waals surface area contributed by atoms with E-state index < -0.39 is 5.41 Å². The molecule has 0 bridgehead atoms. The molecule has 0 aliphatic rings. The first kappa shape index (κ1) is 15.5. The van der Waals surface area contributed by atoms with Gasteiger partial charge < -0.3 is 15.5 Å². The Hall–Kier alpha value is -1.88. The minimum atomic E-state index is -0.432. The Labute approximate surface area is 125 Å². The molecule has 0 saturated heterocycles. The highest BCUT2D eigenvalue weighted by atomic mass is 16.2. The van der Waals surface area contributed by atoms with Gasteiger partial charge >= 0.3 is 0 Å². The summed E-state index contributed by atoms with van der Waals surface area (Å²) in [4.78, 5) is 16.8. The number of rotatable bonds is 7. The van der Waals surface area contributed by atoms with Gasteiger partial charge in [-0.1, -0.05) is 19.9 Å². The highest BCUT2D eigenvalue weighted by Gasteiger charge is 2.32. The summed E-state index contributed by atoms with van der Waals surface area (Å²) in [6.07, 6.45) is 6.22. The van der Waals surface area contributed by atoms with Crippen molar-refractivity contribution in [3.63, 3.8) is 0 Å². The summed E-state index contributed by atoms with van der Waals surface area (Å²) in [5.74, 6) is 0.0544. The number of pyridine rings is 1. The van der Waals surface area contributed by atoms with Crippen LogP contribution in [0.1, 0.15) is 32.4 Å². The lowest BCUT2D eigenvalue weighted by Gasteiger charge is -2.28. The smallest absolute Gasteiger partial charge is 0.227 e. The van der Waals surface area contributed by atoms with Crippen LogP contribution in [-0.2, 0) is 11.2 Å². The third kappa shape index (κ3) is 3.24. The summed E-state index contributed by atoms with van der Waals surface area (Å²) >= 11 is 0. The Morgan fingerprint density at radius 3 is 2.76 bits per heavy atom. The molecule has 114 valence electrons. The van der Waals surface area contributed by atoms with Crippen molar-refractivity contribution in [1.29, 1.82) is 0 Å². The number of nitrogens with zero attached hydrogens (tertiary/aromatic N) is 2. The molecule has 0 unspecified atom stereocenters. The van der Waals surface area contributed by atoms with Crippen LogP contribution in [0.2, 0.25) is 0 Å². The van der Waals surface area contributed by atoms with Gasteiger partial charge in [0.25, 0.3) is 0 Å². The largest absolute Gasteiger partial charge is 0.355 e. The molecule has 0 saturated carbocycles. The molecule has 2 aromatic rings. The number of imidazole rings is 1. The highest BCUT2D eigenvalue weighted by molar-refractivity contribution is 5.82. The van der Waals surface area contributed by atoms with Crippen molar-refractivity contribution >= 4 is 11.6 Å². The third-order valence-corrected chi connectivity index (χ3v) is 4.31. The summed E-state index contributed by atoms with van der Waals surface area (Å²) in [7, 11) is 0. The standard InChI is InChI=1S/C16H24N4O/c1-3-16(4-2,12-17)15(21)18-9-8-13-11-20-10-6-5-7-14(20)19-13/h5-7,10-11H,3-4,8-9,12,17H2,1-2H3,(H,18,21). The fraction of sp³-hybridized carbons (Fsp3) is 0.500. The Morgan fingerprint density at radius 2 is 2.14 bits per heavy atom. The third-order valence-electron chi connectivity index (χ3n) is 4.31. The Balaban J connectivity index is 1.93. The molecule has 0 aromatic carbocycles. The van der Waals surface area contributed by atoms with Crippen LogP contribution in [0.4, 0.5) is 0 Å². The molecule has 2 rings (SSSR count). The van der Waals surface area contributed by atoms with Gasteiger partial charge in [-0.3, -0.25) is 4.79 Å². The number of carbonyl (C=O) groups is 1.